The van der Waals surface area contributed by atoms with Crippen molar-refractivity contribution in [1.29, 1.82) is 0 Å². The Morgan fingerprint density at radius 3 is 2.59 bits per heavy atom. The van der Waals surface area contributed by atoms with Crippen molar-refractivity contribution in [2.45, 2.75) is 31.0 Å². The second-order valence-corrected chi connectivity index (χ2v) is 4.67. The van der Waals surface area contributed by atoms with Crippen molar-refractivity contribution < 1.29 is 17.9 Å². The van der Waals surface area contributed by atoms with Crippen LogP contribution in [0.4, 0.5) is 18.9 Å². The number of rotatable bonds is 0. The molecule has 1 aliphatic heterocycles. The molecular formula is C12H12F3NO. The lowest BCUT2D eigenvalue weighted by molar-refractivity contribution is -0.137. The van der Waals surface area contributed by atoms with Crippen molar-refractivity contribution in [3.8, 4) is 5.75 Å². The van der Waals surface area contributed by atoms with E-state index in [1.165, 1.54) is 6.07 Å². The summed E-state index contributed by atoms with van der Waals surface area (Å²) in [7, 11) is 0. The molecule has 17 heavy (non-hydrogen) atoms. The first-order chi connectivity index (χ1) is 8.00. The molecule has 0 radical (unpaired) electrons. The summed E-state index contributed by atoms with van der Waals surface area (Å²) >= 11 is 0. The molecule has 0 unspecified atom stereocenters. The number of halogens is 3. The maximum Gasteiger partial charge on any atom is 0.418 e. The van der Waals surface area contributed by atoms with Gasteiger partial charge in [0.05, 0.1) is 17.8 Å². The van der Waals surface area contributed by atoms with E-state index in [0.29, 0.717) is 12.3 Å². The van der Waals surface area contributed by atoms with E-state index in [1.54, 1.807) is 6.07 Å². The Labute approximate surface area is 96.8 Å². The van der Waals surface area contributed by atoms with Crippen LogP contribution in [0.2, 0.25) is 0 Å². The fourth-order valence-corrected chi connectivity index (χ4v) is 2.40. The normalized spacial score (nSPS) is 21.1. The van der Waals surface area contributed by atoms with Gasteiger partial charge in [-0.1, -0.05) is 6.07 Å². The Morgan fingerprint density at radius 2 is 2.00 bits per heavy atom. The van der Waals surface area contributed by atoms with Crippen LogP contribution in [0, 0.1) is 0 Å². The molecule has 0 saturated heterocycles. The van der Waals surface area contributed by atoms with E-state index in [-0.39, 0.29) is 11.3 Å². The molecule has 1 aromatic rings. The molecule has 1 aromatic carbocycles. The van der Waals surface area contributed by atoms with E-state index >= 15 is 0 Å². The van der Waals surface area contributed by atoms with Gasteiger partial charge in [0.25, 0.3) is 0 Å². The predicted octanol–water partition coefficient (Wildman–Crippen LogP) is 3.43. The fourth-order valence-electron chi connectivity index (χ4n) is 2.40. The minimum absolute atomic E-state index is 0.0810. The van der Waals surface area contributed by atoms with E-state index in [1.807, 2.05) is 0 Å². The second kappa shape index (κ2) is 3.31. The Morgan fingerprint density at radius 1 is 1.24 bits per heavy atom. The van der Waals surface area contributed by atoms with Gasteiger partial charge in [0.15, 0.2) is 0 Å². The SMILES string of the molecule is FC(F)(F)c1cccc2c1NCC1(CCC1)O2. The number of alkyl halides is 3. The number of para-hydroxylation sites is 1. The van der Waals surface area contributed by atoms with Crippen LogP contribution in [-0.4, -0.2) is 12.1 Å². The highest BCUT2D eigenvalue weighted by Crippen LogP contribution is 2.47. The average Bonchev–Trinajstić information content (AvgIpc) is 2.24. The monoisotopic (exact) mass is 243 g/mol. The highest BCUT2D eigenvalue weighted by Gasteiger charge is 2.44. The molecule has 1 fully saturated rings. The van der Waals surface area contributed by atoms with Gasteiger partial charge in [-0.05, 0) is 31.4 Å². The van der Waals surface area contributed by atoms with Crippen molar-refractivity contribution in [2.24, 2.45) is 0 Å². The largest absolute Gasteiger partial charge is 0.483 e. The Bertz CT molecular complexity index is 452. The van der Waals surface area contributed by atoms with Crippen LogP contribution in [0.15, 0.2) is 18.2 Å². The van der Waals surface area contributed by atoms with Gasteiger partial charge in [0, 0.05) is 0 Å². The van der Waals surface area contributed by atoms with E-state index in [9.17, 15) is 13.2 Å². The molecule has 1 aliphatic carbocycles. The zero-order valence-corrected chi connectivity index (χ0v) is 9.10. The molecule has 0 amide bonds. The number of anilines is 1. The summed E-state index contributed by atoms with van der Waals surface area (Å²) in [6, 6.07) is 4.06. The maximum absolute atomic E-state index is 12.8. The molecule has 3 rings (SSSR count). The zero-order chi connectivity index (χ0) is 12.1. The highest BCUT2D eigenvalue weighted by molar-refractivity contribution is 5.65. The van der Waals surface area contributed by atoms with Gasteiger partial charge in [-0.3, -0.25) is 0 Å². The fraction of sp³-hybridized carbons (Fsp3) is 0.500. The van der Waals surface area contributed by atoms with Crippen LogP contribution in [0.25, 0.3) is 0 Å². The Kier molecular flexibility index (Phi) is 2.09. The lowest BCUT2D eigenvalue weighted by Gasteiger charge is -2.45. The number of benzene rings is 1. The van der Waals surface area contributed by atoms with Crippen LogP contribution in [0.1, 0.15) is 24.8 Å². The quantitative estimate of drug-likeness (QED) is 0.753. The van der Waals surface area contributed by atoms with E-state index in [4.69, 9.17) is 4.74 Å². The molecule has 0 atom stereocenters. The first-order valence-corrected chi connectivity index (χ1v) is 5.63. The number of hydrogen-bond donors (Lipinski definition) is 1. The summed E-state index contributed by atoms with van der Waals surface area (Å²) in [6.07, 6.45) is -1.44. The van der Waals surface area contributed by atoms with E-state index < -0.39 is 11.7 Å². The predicted molar refractivity (Wildman–Crippen MR) is 57.1 cm³/mol. The van der Waals surface area contributed by atoms with E-state index in [0.717, 1.165) is 25.3 Å². The Hall–Kier alpha value is -1.39. The number of fused-ring (bicyclic) bond motifs is 1. The highest BCUT2D eigenvalue weighted by atomic mass is 19.4. The van der Waals surface area contributed by atoms with Crippen molar-refractivity contribution in [1.82, 2.24) is 0 Å². The molecule has 1 N–H and O–H groups in total. The zero-order valence-electron chi connectivity index (χ0n) is 9.10. The molecule has 5 heteroatoms. The van der Waals surface area contributed by atoms with Gasteiger partial charge in [0.2, 0.25) is 0 Å². The summed E-state index contributed by atoms with van der Waals surface area (Å²) in [5, 5.41) is 2.89. The van der Waals surface area contributed by atoms with Gasteiger partial charge >= 0.3 is 6.18 Å². The van der Waals surface area contributed by atoms with Crippen molar-refractivity contribution in [3.05, 3.63) is 23.8 Å². The molecule has 2 aliphatic rings. The first-order valence-electron chi connectivity index (χ1n) is 5.63. The standard InChI is InChI=1S/C12H12F3NO/c13-12(14,15)8-3-1-4-9-10(8)16-7-11(17-9)5-2-6-11/h1,3-4,16H,2,5-7H2. The van der Waals surface area contributed by atoms with E-state index in [2.05, 4.69) is 5.32 Å². The number of nitrogens with one attached hydrogen (secondary N) is 1. The molecule has 0 bridgehead atoms. The van der Waals surface area contributed by atoms with Crippen LogP contribution >= 0.6 is 0 Å². The van der Waals surface area contributed by atoms with Crippen LogP contribution in [0.5, 0.6) is 5.75 Å². The van der Waals surface area contributed by atoms with Crippen molar-refractivity contribution in [2.75, 3.05) is 11.9 Å². The lowest BCUT2D eigenvalue weighted by atomic mass is 9.79. The van der Waals surface area contributed by atoms with Gasteiger partial charge < -0.3 is 10.1 Å². The summed E-state index contributed by atoms with van der Waals surface area (Å²) in [5.41, 5.74) is -0.835. The summed E-state index contributed by atoms with van der Waals surface area (Å²) in [6.45, 7) is 0.465. The first kappa shape index (κ1) is 10.7. The van der Waals surface area contributed by atoms with Crippen molar-refractivity contribution in [3.63, 3.8) is 0 Å². The smallest absolute Gasteiger partial charge is 0.418 e. The minimum atomic E-state index is -4.34. The average molecular weight is 243 g/mol. The minimum Gasteiger partial charge on any atom is -0.483 e. The topological polar surface area (TPSA) is 21.3 Å². The maximum atomic E-state index is 12.8. The molecule has 92 valence electrons. The van der Waals surface area contributed by atoms with Crippen LogP contribution in [0.3, 0.4) is 0 Å². The third-order valence-electron chi connectivity index (χ3n) is 3.51. The van der Waals surface area contributed by atoms with Gasteiger partial charge in [0.1, 0.15) is 11.4 Å². The van der Waals surface area contributed by atoms with Gasteiger partial charge in [-0.25, -0.2) is 0 Å². The molecule has 1 spiro atoms. The van der Waals surface area contributed by atoms with Gasteiger partial charge in [-0.15, -0.1) is 0 Å². The number of ether oxygens (including phenoxy) is 1. The molecule has 1 saturated carbocycles. The summed E-state index contributed by atoms with van der Waals surface area (Å²) < 4.78 is 44.0. The summed E-state index contributed by atoms with van der Waals surface area (Å²) in [4.78, 5) is 0. The van der Waals surface area contributed by atoms with Crippen LogP contribution in [-0.2, 0) is 6.18 Å². The van der Waals surface area contributed by atoms with Crippen LogP contribution < -0.4 is 10.1 Å². The van der Waals surface area contributed by atoms with Gasteiger partial charge in [-0.2, -0.15) is 13.2 Å². The molecule has 0 aromatic heterocycles. The Balaban J connectivity index is 2.00. The third-order valence-corrected chi connectivity index (χ3v) is 3.51. The second-order valence-electron chi connectivity index (χ2n) is 4.67. The lowest BCUT2D eigenvalue weighted by Crippen LogP contribution is -2.51. The molecule has 2 nitrogen and oxygen atoms in total. The summed E-state index contributed by atoms with van der Waals surface area (Å²) in [5.74, 6) is 0.325. The number of hydrogen-bond acceptors (Lipinski definition) is 2. The third kappa shape index (κ3) is 1.64. The molecular weight excluding hydrogens is 231 g/mol. The van der Waals surface area contributed by atoms with Crippen molar-refractivity contribution >= 4 is 5.69 Å². The molecule has 1 heterocycles.